The summed E-state index contributed by atoms with van der Waals surface area (Å²) in [5.41, 5.74) is 0.00662. The van der Waals surface area contributed by atoms with Gasteiger partial charge in [-0.3, -0.25) is 4.98 Å². The van der Waals surface area contributed by atoms with E-state index in [1.807, 2.05) is 12.1 Å². The highest BCUT2D eigenvalue weighted by Crippen LogP contribution is 2.29. The topological polar surface area (TPSA) is 71.8 Å². The molecule has 3 rings (SSSR count). The van der Waals surface area contributed by atoms with Gasteiger partial charge in [0.15, 0.2) is 0 Å². The molecule has 0 saturated heterocycles. The van der Waals surface area contributed by atoms with Crippen LogP contribution in [0.2, 0.25) is 0 Å². The number of carboxylic acid groups (broad SMARTS) is 1. The van der Waals surface area contributed by atoms with E-state index in [2.05, 4.69) is 26.1 Å². The highest BCUT2D eigenvalue weighted by Gasteiger charge is 2.47. The van der Waals surface area contributed by atoms with Crippen LogP contribution >= 0.6 is 15.9 Å². The molecule has 0 aliphatic carbocycles. The molecule has 0 radical (unpaired) electrons. The second-order valence-corrected chi connectivity index (χ2v) is 5.72. The smallest absolute Gasteiger partial charge is 0.354 e. The van der Waals surface area contributed by atoms with Gasteiger partial charge in [0, 0.05) is 21.6 Å². The van der Waals surface area contributed by atoms with Crippen LogP contribution in [0.15, 0.2) is 40.1 Å². The molecule has 1 atom stereocenters. The van der Waals surface area contributed by atoms with E-state index >= 15 is 0 Å². The van der Waals surface area contributed by atoms with Gasteiger partial charge in [-0.25, -0.2) is 9.18 Å². The molecule has 0 amide bonds. The van der Waals surface area contributed by atoms with Gasteiger partial charge in [0.05, 0.1) is 17.6 Å². The maximum Gasteiger partial charge on any atom is 0.354 e. The Labute approximate surface area is 127 Å². The largest absolute Gasteiger partial charge is 0.478 e. The highest BCUT2D eigenvalue weighted by molar-refractivity contribution is 9.10. The van der Waals surface area contributed by atoms with Gasteiger partial charge >= 0.3 is 5.97 Å². The quantitative estimate of drug-likeness (QED) is 0.921. The number of alkyl halides is 1. The van der Waals surface area contributed by atoms with E-state index in [0.29, 0.717) is 11.3 Å². The summed E-state index contributed by atoms with van der Waals surface area (Å²) in [5, 5.41) is 13.7. The number of rotatable bonds is 3. The van der Waals surface area contributed by atoms with E-state index < -0.39 is 18.2 Å². The fraction of sp³-hybridized carbons (Fsp3) is 0.214. The number of fused-ring (bicyclic) bond motifs is 1. The molecule has 21 heavy (non-hydrogen) atoms. The second-order valence-electron chi connectivity index (χ2n) is 4.80. The van der Waals surface area contributed by atoms with Crippen molar-refractivity contribution >= 4 is 38.5 Å². The Hall–Kier alpha value is -2.02. The normalized spacial score (nSPS) is 21.1. The third kappa shape index (κ3) is 2.37. The Morgan fingerprint density at radius 1 is 1.48 bits per heavy atom. The first-order valence-corrected chi connectivity index (χ1v) is 6.93. The number of benzene rings is 1. The molecule has 1 N–H and O–H groups in total. The van der Waals surface area contributed by atoms with Crippen LogP contribution in [0.1, 0.15) is 12.0 Å². The summed E-state index contributed by atoms with van der Waals surface area (Å²) in [6.07, 6.45) is 1.59. The molecule has 108 valence electrons. The predicted octanol–water partition coefficient (Wildman–Crippen LogP) is 2.91. The number of halogens is 2. The number of oxime groups is 1. The molecule has 1 unspecified atom stereocenters. The van der Waals surface area contributed by atoms with Gasteiger partial charge in [-0.05, 0) is 34.1 Å². The molecule has 0 saturated carbocycles. The van der Waals surface area contributed by atoms with Crippen molar-refractivity contribution in [2.24, 2.45) is 5.16 Å². The van der Waals surface area contributed by atoms with Crippen LogP contribution in [-0.2, 0) is 9.63 Å². The molecule has 1 aliphatic rings. The fourth-order valence-corrected chi connectivity index (χ4v) is 2.51. The van der Waals surface area contributed by atoms with Crippen molar-refractivity contribution in [3.63, 3.8) is 0 Å². The third-order valence-corrected chi connectivity index (χ3v) is 3.80. The third-order valence-electron chi connectivity index (χ3n) is 3.37. The maximum atomic E-state index is 13.0. The molecule has 5 nitrogen and oxygen atoms in total. The number of hydrogen-bond donors (Lipinski definition) is 1. The molecule has 2 aromatic rings. The summed E-state index contributed by atoms with van der Waals surface area (Å²) in [4.78, 5) is 20.2. The number of nitrogens with zero attached hydrogens (tertiary/aromatic N) is 2. The van der Waals surface area contributed by atoms with Crippen LogP contribution < -0.4 is 0 Å². The van der Waals surface area contributed by atoms with Crippen molar-refractivity contribution in [1.82, 2.24) is 4.98 Å². The van der Waals surface area contributed by atoms with E-state index in [1.54, 1.807) is 18.3 Å². The van der Waals surface area contributed by atoms with Crippen molar-refractivity contribution < 1.29 is 19.1 Å². The molecule has 1 aromatic heterocycles. The Morgan fingerprint density at radius 2 is 2.29 bits per heavy atom. The minimum absolute atomic E-state index is 0.105. The lowest BCUT2D eigenvalue weighted by Crippen LogP contribution is -2.41. The average Bonchev–Trinajstić information content (AvgIpc) is 2.92. The number of pyridine rings is 1. The zero-order valence-electron chi connectivity index (χ0n) is 10.7. The van der Waals surface area contributed by atoms with Crippen LogP contribution in [-0.4, -0.2) is 34.0 Å². The lowest BCUT2D eigenvalue weighted by Gasteiger charge is -2.16. The van der Waals surface area contributed by atoms with E-state index in [9.17, 15) is 9.18 Å². The van der Waals surface area contributed by atoms with Gasteiger partial charge in [-0.15, -0.1) is 0 Å². The monoisotopic (exact) mass is 352 g/mol. The van der Waals surface area contributed by atoms with Crippen molar-refractivity contribution in [1.29, 1.82) is 0 Å². The van der Waals surface area contributed by atoms with Gasteiger partial charge in [0.2, 0.25) is 0 Å². The molecule has 1 aliphatic heterocycles. The number of carboxylic acids is 1. The van der Waals surface area contributed by atoms with Gasteiger partial charge in [-0.2, -0.15) is 0 Å². The first-order chi connectivity index (χ1) is 10.0. The summed E-state index contributed by atoms with van der Waals surface area (Å²) < 4.78 is 13.8. The first kappa shape index (κ1) is 13.9. The van der Waals surface area contributed by atoms with Crippen molar-refractivity contribution in [2.45, 2.75) is 12.0 Å². The maximum absolute atomic E-state index is 13.0. The Balaban J connectivity index is 1.97. The Kier molecular flexibility index (Phi) is 3.36. The van der Waals surface area contributed by atoms with Crippen LogP contribution in [0, 0.1) is 0 Å². The number of carbonyl (C=O) groups is 1. The molecule has 7 heteroatoms. The molecule has 0 fully saturated rings. The van der Waals surface area contributed by atoms with E-state index in [4.69, 9.17) is 9.94 Å². The highest BCUT2D eigenvalue weighted by atomic mass is 79.9. The van der Waals surface area contributed by atoms with Crippen LogP contribution in [0.3, 0.4) is 0 Å². The SMILES string of the molecule is O=C(O)C1(CF)CC(c2ccc3ncc(Br)cc3c2)=NO1. The lowest BCUT2D eigenvalue weighted by atomic mass is 9.95. The summed E-state index contributed by atoms with van der Waals surface area (Å²) in [6, 6.07) is 7.28. The second kappa shape index (κ2) is 5.07. The zero-order valence-corrected chi connectivity index (χ0v) is 12.3. The molecule has 2 heterocycles. The minimum Gasteiger partial charge on any atom is -0.478 e. The fourth-order valence-electron chi connectivity index (χ4n) is 2.16. The molecule has 0 bridgehead atoms. The molecule has 1 aromatic carbocycles. The summed E-state index contributed by atoms with van der Waals surface area (Å²) in [7, 11) is 0. The summed E-state index contributed by atoms with van der Waals surface area (Å²) >= 11 is 3.34. The van der Waals surface area contributed by atoms with Crippen molar-refractivity contribution in [3.8, 4) is 0 Å². The number of aliphatic carboxylic acids is 1. The Bertz CT molecular complexity index is 765. The minimum atomic E-state index is -1.90. The van der Waals surface area contributed by atoms with Gasteiger partial charge in [-0.1, -0.05) is 11.2 Å². The number of hydrogen-bond acceptors (Lipinski definition) is 4. The zero-order chi connectivity index (χ0) is 15.0. The van der Waals surface area contributed by atoms with Crippen molar-refractivity contribution in [3.05, 3.63) is 40.5 Å². The predicted molar refractivity (Wildman–Crippen MR) is 78.0 cm³/mol. The van der Waals surface area contributed by atoms with Crippen LogP contribution in [0.5, 0.6) is 0 Å². The van der Waals surface area contributed by atoms with E-state index in [1.165, 1.54) is 0 Å². The standard InChI is InChI=1S/C14H10BrFN2O3/c15-10-4-9-3-8(1-2-11(9)17-6-10)12-5-14(7-16,13(19)20)21-18-12/h1-4,6H,5,7H2,(H,19,20). The molecular weight excluding hydrogens is 343 g/mol. The van der Waals surface area contributed by atoms with Crippen LogP contribution in [0.4, 0.5) is 4.39 Å². The average molecular weight is 353 g/mol. The van der Waals surface area contributed by atoms with Crippen LogP contribution in [0.25, 0.3) is 10.9 Å². The summed E-state index contributed by atoms with van der Waals surface area (Å²) in [6.45, 7) is -1.13. The van der Waals surface area contributed by atoms with Gasteiger partial charge < -0.3 is 9.94 Å². The lowest BCUT2D eigenvalue weighted by molar-refractivity contribution is -0.164. The van der Waals surface area contributed by atoms with Crippen molar-refractivity contribution in [2.75, 3.05) is 6.67 Å². The summed E-state index contributed by atoms with van der Waals surface area (Å²) in [5.74, 6) is -1.35. The molecule has 0 spiro atoms. The van der Waals surface area contributed by atoms with Gasteiger partial charge in [0.1, 0.15) is 6.67 Å². The molecular formula is C14H10BrFN2O3. The van der Waals surface area contributed by atoms with Gasteiger partial charge in [0.25, 0.3) is 5.60 Å². The number of aromatic nitrogens is 1. The Morgan fingerprint density at radius 3 is 2.95 bits per heavy atom. The van der Waals surface area contributed by atoms with E-state index in [0.717, 1.165) is 15.4 Å². The first-order valence-electron chi connectivity index (χ1n) is 6.14. The van der Waals surface area contributed by atoms with E-state index in [-0.39, 0.29) is 6.42 Å².